The molecule has 0 aliphatic heterocycles. The Hall–Kier alpha value is -2.53. The molecule has 0 atom stereocenters. The van der Waals surface area contributed by atoms with Crippen molar-refractivity contribution in [2.24, 2.45) is 0 Å². The van der Waals surface area contributed by atoms with Crippen LogP contribution in [-0.4, -0.2) is 24.5 Å². The quantitative estimate of drug-likeness (QED) is 0.628. The predicted molar refractivity (Wildman–Crippen MR) is 85.6 cm³/mol. The predicted octanol–water partition coefficient (Wildman–Crippen LogP) is 3.08. The number of esters is 1. The van der Waals surface area contributed by atoms with Crippen molar-refractivity contribution >= 4 is 5.97 Å². The number of benzene rings is 2. The zero-order valence-corrected chi connectivity index (χ0v) is 13.2. The summed E-state index contributed by atoms with van der Waals surface area (Å²) >= 11 is 0. The van der Waals surface area contributed by atoms with Crippen LogP contribution in [0.15, 0.2) is 42.5 Å². The Kier molecular flexibility index (Phi) is 6.00. The van der Waals surface area contributed by atoms with Gasteiger partial charge in [0.05, 0.1) is 6.61 Å². The number of carbonyl (C=O) groups is 1. The molecule has 0 aromatic heterocycles. The molecule has 5 nitrogen and oxygen atoms in total. The van der Waals surface area contributed by atoms with Gasteiger partial charge in [-0.3, -0.25) is 0 Å². The van der Waals surface area contributed by atoms with E-state index in [2.05, 4.69) is 0 Å². The number of hydrogen-bond acceptors (Lipinski definition) is 5. The lowest BCUT2D eigenvalue weighted by Crippen LogP contribution is -2.11. The van der Waals surface area contributed by atoms with Gasteiger partial charge in [0.2, 0.25) is 0 Å². The van der Waals surface area contributed by atoms with E-state index >= 15 is 0 Å². The molecule has 0 radical (unpaired) electrons. The van der Waals surface area contributed by atoms with E-state index in [4.69, 9.17) is 19.3 Å². The minimum Gasteiger partial charge on any atom is -0.489 e. The first kappa shape index (κ1) is 16.8. The van der Waals surface area contributed by atoms with Crippen LogP contribution in [0.4, 0.5) is 0 Å². The maximum absolute atomic E-state index is 12.0. The standard InChI is InChI=1S/C18H20O5/c1-3-21-18(20)17-13(2)9-15(10-16(17)23-12-19)22-11-14-7-5-4-6-8-14/h4-10,19H,3,11-12H2,1-2H3. The molecule has 5 heteroatoms. The van der Waals surface area contributed by atoms with Crippen LogP contribution in [0.1, 0.15) is 28.4 Å². The fraction of sp³-hybridized carbons (Fsp3) is 0.278. The van der Waals surface area contributed by atoms with Crippen LogP contribution in [0, 0.1) is 6.92 Å². The topological polar surface area (TPSA) is 65.0 Å². The SMILES string of the molecule is CCOC(=O)c1c(C)cc(OCc2ccccc2)cc1OCO. The Bertz CT molecular complexity index is 652. The number of aliphatic hydroxyl groups is 1. The molecular formula is C18H20O5. The van der Waals surface area contributed by atoms with E-state index in [0.29, 0.717) is 23.5 Å². The molecule has 2 aromatic rings. The minimum absolute atomic E-state index is 0.244. The highest BCUT2D eigenvalue weighted by atomic mass is 16.6. The summed E-state index contributed by atoms with van der Waals surface area (Å²) < 4.78 is 15.9. The molecule has 0 heterocycles. The molecule has 0 saturated carbocycles. The second-order valence-electron chi connectivity index (χ2n) is 4.88. The highest BCUT2D eigenvalue weighted by molar-refractivity contribution is 5.94. The van der Waals surface area contributed by atoms with E-state index in [1.807, 2.05) is 30.3 Å². The molecule has 2 aromatic carbocycles. The monoisotopic (exact) mass is 316 g/mol. The van der Waals surface area contributed by atoms with E-state index in [9.17, 15) is 4.79 Å². The molecule has 0 bridgehead atoms. The molecule has 0 aliphatic carbocycles. The molecule has 23 heavy (non-hydrogen) atoms. The van der Waals surface area contributed by atoms with Crippen LogP contribution in [0.5, 0.6) is 11.5 Å². The summed E-state index contributed by atoms with van der Waals surface area (Å²) in [6, 6.07) is 13.1. The van der Waals surface area contributed by atoms with Crippen molar-refractivity contribution in [1.82, 2.24) is 0 Å². The minimum atomic E-state index is -0.534. The van der Waals surface area contributed by atoms with Crippen molar-refractivity contribution in [2.75, 3.05) is 13.4 Å². The van der Waals surface area contributed by atoms with Gasteiger partial charge in [-0.2, -0.15) is 0 Å². The first-order valence-electron chi connectivity index (χ1n) is 7.37. The van der Waals surface area contributed by atoms with Gasteiger partial charge >= 0.3 is 5.97 Å². The summed E-state index contributed by atoms with van der Waals surface area (Å²) in [5.41, 5.74) is 2.00. The second-order valence-corrected chi connectivity index (χ2v) is 4.88. The average molecular weight is 316 g/mol. The van der Waals surface area contributed by atoms with Gasteiger partial charge in [0.15, 0.2) is 6.79 Å². The van der Waals surface area contributed by atoms with Gasteiger partial charge in [0.25, 0.3) is 0 Å². The zero-order chi connectivity index (χ0) is 16.7. The fourth-order valence-electron chi connectivity index (χ4n) is 2.20. The van der Waals surface area contributed by atoms with Crippen molar-refractivity contribution in [3.05, 3.63) is 59.2 Å². The van der Waals surface area contributed by atoms with Crippen LogP contribution >= 0.6 is 0 Å². The Morgan fingerprint density at radius 1 is 1.13 bits per heavy atom. The summed E-state index contributed by atoms with van der Waals surface area (Å²) in [5.74, 6) is 0.319. The van der Waals surface area contributed by atoms with Crippen molar-refractivity contribution in [3.63, 3.8) is 0 Å². The summed E-state index contributed by atoms with van der Waals surface area (Å²) in [6.45, 7) is 3.64. The number of ether oxygens (including phenoxy) is 3. The van der Waals surface area contributed by atoms with Crippen molar-refractivity contribution in [2.45, 2.75) is 20.5 Å². The Morgan fingerprint density at radius 3 is 2.52 bits per heavy atom. The molecule has 2 rings (SSSR count). The van der Waals surface area contributed by atoms with Crippen molar-refractivity contribution in [1.29, 1.82) is 0 Å². The van der Waals surface area contributed by atoms with Crippen LogP contribution < -0.4 is 9.47 Å². The van der Waals surface area contributed by atoms with E-state index < -0.39 is 12.8 Å². The van der Waals surface area contributed by atoms with E-state index in [1.54, 1.807) is 26.0 Å². The maximum Gasteiger partial charge on any atom is 0.342 e. The van der Waals surface area contributed by atoms with Gasteiger partial charge in [-0.15, -0.1) is 0 Å². The third-order valence-electron chi connectivity index (χ3n) is 3.22. The van der Waals surface area contributed by atoms with Crippen LogP contribution in [-0.2, 0) is 11.3 Å². The van der Waals surface area contributed by atoms with Gasteiger partial charge in [-0.1, -0.05) is 30.3 Å². The molecular weight excluding hydrogens is 296 g/mol. The summed E-state index contributed by atoms with van der Waals surface area (Å²) in [7, 11) is 0. The van der Waals surface area contributed by atoms with Gasteiger partial charge in [0, 0.05) is 6.07 Å². The number of carbonyl (C=O) groups excluding carboxylic acids is 1. The average Bonchev–Trinajstić information content (AvgIpc) is 2.54. The maximum atomic E-state index is 12.0. The van der Waals surface area contributed by atoms with Gasteiger partial charge < -0.3 is 19.3 Å². The first-order valence-corrected chi connectivity index (χ1v) is 7.37. The second kappa shape index (κ2) is 8.19. The number of hydrogen-bond donors (Lipinski definition) is 1. The molecule has 122 valence electrons. The van der Waals surface area contributed by atoms with Gasteiger partial charge in [0.1, 0.15) is 23.7 Å². The van der Waals surface area contributed by atoms with Crippen LogP contribution in [0.3, 0.4) is 0 Å². The normalized spacial score (nSPS) is 10.2. The highest BCUT2D eigenvalue weighted by Crippen LogP contribution is 2.30. The van der Waals surface area contributed by atoms with Crippen molar-refractivity contribution in [3.8, 4) is 11.5 Å². The lowest BCUT2D eigenvalue weighted by Gasteiger charge is -2.14. The third kappa shape index (κ3) is 4.47. The molecule has 0 amide bonds. The fourth-order valence-corrected chi connectivity index (χ4v) is 2.20. The van der Waals surface area contributed by atoms with Gasteiger partial charge in [-0.05, 0) is 31.0 Å². The van der Waals surface area contributed by atoms with E-state index in [-0.39, 0.29) is 12.4 Å². The van der Waals surface area contributed by atoms with Crippen molar-refractivity contribution < 1.29 is 24.1 Å². The highest BCUT2D eigenvalue weighted by Gasteiger charge is 2.19. The van der Waals surface area contributed by atoms with Crippen LogP contribution in [0.2, 0.25) is 0 Å². The first-order chi connectivity index (χ1) is 11.2. The molecule has 0 spiro atoms. The molecule has 0 fully saturated rings. The Labute approximate surface area is 135 Å². The number of aliphatic hydroxyl groups excluding tert-OH is 1. The Morgan fingerprint density at radius 2 is 1.87 bits per heavy atom. The molecule has 0 saturated heterocycles. The third-order valence-corrected chi connectivity index (χ3v) is 3.22. The molecule has 0 unspecified atom stereocenters. The van der Waals surface area contributed by atoms with Gasteiger partial charge in [-0.25, -0.2) is 4.79 Å². The summed E-state index contributed by atoms with van der Waals surface area (Å²) in [5, 5.41) is 9.03. The molecule has 1 N–H and O–H groups in total. The summed E-state index contributed by atoms with van der Waals surface area (Å²) in [4.78, 5) is 12.0. The Balaban J connectivity index is 2.23. The zero-order valence-electron chi connectivity index (χ0n) is 13.2. The van der Waals surface area contributed by atoms with E-state index in [1.165, 1.54) is 0 Å². The number of aryl methyl sites for hydroxylation is 1. The molecule has 0 aliphatic rings. The number of rotatable bonds is 7. The summed E-state index contributed by atoms with van der Waals surface area (Å²) in [6.07, 6.45) is 0. The smallest absolute Gasteiger partial charge is 0.342 e. The van der Waals surface area contributed by atoms with Crippen LogP contribution in [0.25, 0.3) is 0 Å². The van der Waals surface area contributed by atoms with E-state index in [0.717, 1.165) is 5.56 Å². The lowest BCUT2D eigenvalue weighted by atomic mass is 10.1. The lowest BCUT2D eigenvalue weighted by molar-refractivity contribution is 0.0509. The largest absolute Gasteiger partial charge is 0.489 e.